The van der Waals surface area contributed by atoms with Crippen LogP contribution < -0.4 is 5.32 Å². The summed E-state index contributed by atoms with van der Waals surface area (Å²) in [6.07, 6.45) is 2.26. The summed E-state index contributed by atoms with van der Waals surface area (Å²) >= 11 is 11.4. The fourth-order valence-corrected chi connectivity index (χ4v) is 2.73. The third-order valence-electron chi connectivity index (χ3n) is 3.69. The highest BCUT2D eigenvalue weighted by Gasteiger charge is 2.32. The van der Waals surface area contributed by atoms with E-state index in [9.17, 15) is 0 Å². The Kier molecular flexibility index (Phi) is 5.65. The van der Waals surface area contributed by atoms with Crippen LogP contribution in [0.2, 0.25) is 5.02 Å². The Labute approximate surface area is 151 Å². The van der Waals surface area contributed by atoms with E-state index >= 15 is 0 Å². The molecule has 0 amide bonds. The van der Waals surface area contributed by atoms with Gasteiger partial charge >= 0.3 is 0 Å². The van der Waals surface area contributed by atoms with Gasteiger partial charge in [-0.25, -0.2) is 0 Å². The molecule has 0 atom stereocenters. The molecule has 3 rings (SSSR count). The highest BCUT2D eigenvalue weighted by molar-refractivity contribution is 7.80. The van der Waals surface area contributed by atoms with Crippen molar-refractivity contribution in [3.05, 3.63) is 35.2 Å². The zero-order valence-electron chi connectivity index (χ0n) is 13.4. The summed E-state index contributed by atoms with van der Waals surface area (Å²) in [6, 6.07) is 7.75. The molecule has 1 fully saturated rings. The molecule has 2 aromatic rings. The van der Waals surface area contributed by atoms with Crippen LogP contribution in [0.3, 0.4) is 0 Å². The number of benzene rings is 1. The fourth-order valence-electron chi connectivity index (χ4n) is 2.29. The predicted octanol–water partition coefficient (Wildman–Crippen LogP) is 2.88. The smallest absolute Gasteiger partial charge is 0.247 e. The van der Waals surface area contributed by atoms with Gasteiger partial charge in [-0.05, 0) is 49.3 Å². The number of hydrogen-bond acceptors (Lipinski definition) is 5. The fraction of sp³-hybridized carbons (Fsp3) is 0.438. The molecule has 1 aromatic heterocycles. The molecule has 0 radical (unpaired) electrons. The Morgan fingerprint density at radius 2 is 2.12 bits per heavy atom. The van der Waals surface area contributed by atoms with Crippen molar-refractivity contribution < 1.29 is 9.15 Å². The van der Waals surface area contributed by atoms with Gasteiger partial charge in [-0.1, -0.05) is 11.6 Å². The minimum atomic E-state index is 0.443. The van der Waals surface area contributed by atoms with Crippen LogP contribution in [-0.4, -0.2) is 46.5 Å². The van der Waals surface area contributed by atoms with Gasteiger partial charge in [-0.3, -0.25) is 0 Å². The minimum Gasteiger partial charge on any atom is -0.419 e. The summed E-state index contributed by atoms with van der Waals surface area (Å²) in [5, 5.41) is 12.8. The maximum Gasteiger partial charge on any atom is 0.247 e. The zero-order chi connectivity index (χ0) is 16.9. The van der Waals surface area contributed by atoms with Crippen molar-refractivity contribution in [3.63, 3.8) is 0 Å². The Balaban J connectivity index is 1.65. The highest BCUT2D eigenvalue weighted by Crippen LogP contribution is 2.29. The summed E-state index contributed by atoms with van der Waals surface area (Å²) < 4.78 is 10.8. The lowest BCUT2D eigenvalue weighted by Gasteiger charge is -2.24. The zero-order valence-corrected chi connectivity index (χ0v) is 14.9. The molecule has 8 heteroatoms. The molecule has 1 aliphatic carbocycles. The minimum absolute atomic E-state index is 0.443. The number of aromatic nitrogens is 2. The Hall–Kier alpha value is -1.70. The van der Waals surface area contributed by atoms with Crippen LogP contribution in [-0.2, 0) is 11.3 Å². The predicted molar refractivity (Wildman–Crippen MR) is 95.8 cm³/mol. The Morgan fingerprint density at radius 1 is 1.38 bits per heavy atom. The standard InChI is InChI=1S/C16H19ClN4O2S/c1-22-9-8-18-16(24)21(13-6-7-13)10-14-19-20-15(23-14)11-2-4-12(17)5-3-11/h2-5,13H,6-10H2,1H3,(H,18,24). The first-order chi connectivity index (χ1) is 11.7. The van der Waals surface area contributed by atoms with E-state index in [1.807, 2.05) is 12.1 Å². The molecule has 0 spiro atoms. The normalized spacial score (nSPS) is 13.8. The van der Waals surface area contributed by atoms with Crippen molar-refractivity contribution in [1.82, 2.24) is 20.4 Å². The second-order valence-corrected chi connectivity index (χ2v) is 6.41. The van der Waals surface area contributed by atoms with Gasteiger partial charge in [0.1, 0.15) is 0 Å². The second kappa shape index (κ2) is 7.92. The molecule has 1 aromatic carbocycles. The molecule has 0 bridgehead atoms. The van der Waals surface area contributed by atoms with Crippen molar-refractivity contribution in [2.24, 2.45) is 0 Å². The molecule has 6 nitrogen and oxygen atoms in total. The van der Waals surface area contributed by atoms with Gasteiger partial charge in [-0.2, -0.15) is 0 Å². The van der Waals surface area contributed by atoms with Crippen LogP contribution in [0.25, 0.3) is 11.5 Å². The molecule has 0 unspecified atom stereocenters. The number of nitrogens with one attached hydrogen (secondary N) is 1. The van der Waals surface area contributed by atoms with Crippen LogP contribution in [0.1, 0.15) is 18.7 Å². The summed E-state index contributed by atoms with van der Waals surface area (Å²) in [5.74, 6) is 1.03. The van der Waals surface area contributed by atoms with E-state index in [2.05, 4.69) is 20.4 Å². The van der Waals surface area contributed by atoms with Crippen LogP contribution in [0.15, 0.2) is 28.7 Å². The molecule has 0 aliphatic heterocycles. The SMILES string of the molecule is COCCNC(=S)N(Cc1nnc(-c2ccc(Cl)cc2)o1)C1CC1. The molecule has 1 aliphatic rings. The molecule has 1 heterocycles. The van der Waals surface area contributed by atoms with Gasteiger partial charge in [-0.15, -0.1) is 10.2 Å². The van der Waals surface area contributed by atoms with Gasteiger partial charge in [0.05, 0.1) is 13.2 Å². The lowest BCUT2D eigenvalue weighted by atomic mass is 10.2. The molecule has 0 saturated heterocycles. The number of nitrogens with zero attached hydrogens (tertiary/aromatic N) is 3. The largest absolute Gasteiger partial charge is 0.419 e. The van der Waals surface area contributed by atoms with E-state index in [0.29, 0.717) is 47.7 Å². The van der Waals surface area contributed by atoms with E-state index < -0.39 is 0 Å². The first-order valence-electron chi connectivity index (χ1n) is 7.79. The van der Waals surface area contributed by atoms with Crippen LogP contribution in [0, 0.1) is 0 Å². The lowest BCUT2D eigenvalue weighted by molar-refractivity contribution is 0.202. The summed E-state index contributed by atoms with van der Waals surface area (Å²) in [7, 11) is 1.67. The summed E-state index contributed by atoms with van der Waals surface area (Å²) in [5.41, 5.74) is 0.844. The van der Waals surface area contributed by atoms with Gasteiger partial charge in [0.25, 0.3) is 0 Å². The number of ether oxygens (including phenoxy) is 1. The van der Waals surface area contributed by atoms with Crippen molar-refractivity contribution >= 4 is 28.9 Å². The second-order valence-electron chi connectivity index (χ2n) is 5.59. The monoisotopic (exact) mass is 366 g/mol. The van der Waals surface area contributed by atoms with Gasteiger partial charge in [0.15, 0.2) is 5.11 Å². The number of hydrogen-bond donors (Lipinski definition) is 1. The lowest BCUT2D eigenvalue weighted by Crippen LogP contribution is -2.41. The molecule has 24 heavy (non-hydrogen) atoms. The van der Waals surface area contributed by atoms with Crippen LogP contribution >= 0.6 is 23.8 Å². The van der Waals surface area contributed by atoms with Crippen molar-refractivity contribution in [2.45, 2.75) is 25.4 Å². The molecular formula is C16H19ClN4O2S. The van der Waals surface area contributed by atoms with Crippen LogP contribution in [0.4, 0.5) is 0 Å². The summed E-state index contributed by atoms with van der Waals surface area (Å²) in [6.45, 7) is 1.79. The number of halogens is 1. The first-order valence-corrected chi connectivity index (χ1v) is 8.57. The third kappa shape index (κ3) is 4.43. The molecule has 128 valence electrons. The topological polar surface area (TPSA) is 63.4 Å². The first kappa shape index (κ1) is 17.1. The van der Waals surface area contributed by atoms with E-state index in [1.54, 1.807) is 19.2 Å². The number of rotatable bonds is 7. The average molecular weight is 367 g/mol. The maximum atomic E-state index is 5.90. The number of methoxy groups -OCH3 is 1. The molecule has 1 N–H and O–H groups in total. The summed E-state index contributed by atoms with van der Waals surface area (Å²) in [4.78, 5) is 2.10. The third-order valence-corrected chi connectivity index (χ3v) is 4.33. The van der Waals surface area contributed by atoms with E-state index in [-0.39, 0.29) is 0 Å². The average Bonchev–Trinajstić information content (AvgIpc) is 3.32. The quantitative estimate of drug-likeness (QED) is 0.597. The molecule has 1 saturated carbocycles. The van der Waals surface area contributed by atoms with E-state index in [0.717, 1.165) is 18.4 Å². The van der Waals surface area contributed by atoms with Gasteiger partial charge in [0.2, 0.25) is 11.8 Å². The van der Waals surface area contributed by atoms with Crippen molar-refractivity contribution in [2.75, 3.05) is 20.3 Å². The maximum absolute atomic E-state index is 5.90. The van der Waals surface area contributed by atoms with E-state index in [4.69, 9.17) is 33.0 Å². The van der Waals surface area contributed by atoms with Gasteiger partial charge in [0, 0.05) is 30.3 Å². The highest BCUT2D eigenvalue weighted by atomic mass is 35.5. The number of thiocarbonyl (C=S) groups is 1. The van der Waals surface area contributed by atoms with Crippen molar-refractivity contribution in [3.8, 4) is 11.5 Å². The van der Waals surface area contributed by atoms with Crippen LogP contribution in [0.5, 0.6) is 0 Å². The Bertz CT molecular complexity index is 688. The van der Waals surface area contributed by atoms with Gasteiger partial charge < -0.3 is 19.4 Å². The van der Waals surface area contributed by atoms with Crippen molar-refractivity contribution in [1.29, 1.82) is 0 Å². The van der Waals surface area contributed by atoms with E-state index in [1.165, 1.54) is 0 Å². The molecular weight excluding hydrogens is 348 g/mol. The Morgan fingerprint density at radius 3 is 2.79 bits per heavy atom.